The third-order valence-corrected chi connectivity index (χ3v) is 6.69. The first-order valence-electron chi connectivity index (χ1n) is 10.9. The second-order valence-corrected chi connectivity index (χ2v) is 8.48. The molecule has 0 spiro atoms. The Morgan fingerprint density at radius 3 is 2.58 bits per heavy atom. The summed E-state index contributed by atoms with van der Waals surface area (Å²) in [4.78, 5) is 24.3. The molecule has 158 valence electrons. The number of ether oxygens (including phenoxy) is 1. The van der Waals surface area contributed by atoms with Crippen LogP contribution in [0.2, 0.25) is 0 Å². The molecule has 0 amide bonds. The molecule has 1 N–H and O–H groups in total. The molecule has 0 atom stereocenters. The minimum Gasteiger partial charge on any atom is -0.478 e. The van der Waals surface area contributed by atoms with Gasteiger partial charge in [-0.15, -0.1) is 0 Å². The molecular formula is C26H25NO4. The maximum absolute atomic E-state index is 12.2. The Balaban J connectivity index is 1.88. The number of fused-ring (bicyclic) bond motifs is 5. The molecule has 5 rings (SSSR count). The van der Waals surface area contributed by atoms with Gasteiger partial charge in [-0.3, -0.25) is 0 Å². The first-order chi connectivity index (χ1) is 15.1. The lowest BCUT2D eigenvalue weighted by Gasteiger charge is -2.23. The molecule has 0 radical (unpaired) electrons. The van der Waals surface area contributed by atoms with E-state index in [2.05, 4.69) is 6.07 Å². The van der Waals surface area contributed by atoms with Crippen molar-refractivity contribution in [2.45, 2.75) is 44.4 Å². The van der Waals surface area contributed by atoms with Crippen LogP contribution in [0.4, 0.5) is 0 Å². The summed E-state index contributed by atoms with van der Waals surface area (Å²) in [6.45, 7) is 0. The smallest absolute Gasteiger partial charge is 0.337 e. The van der Waals surface area contributed by atoms with Gasteiger partial charge in [0, 0.05) is 23.6 Å². The number of aliphatic carboxylic acids is 1. The molecule has 3 aromatic rings. The first kappa shape index (κ1) is 19.6. The molecule has 1 saturated carbocycles. The van der Waals surface area contributed by atoms with Gasteiger partial charge in [-0.25, -0.2) is 9.59 Å². The molecule has 5 nitrogen and oxygen atoms in total. The number of rotatable bonds is 3. The highest BCUT2D eigenvalue weighted by Crippen LogP contribution is 2.46. The normalized spacial score (nSPS) is 16.2. The van der Waals surface area contributed by atoms with E-state index in [1.807, 2.05) is 41.0 Å². The van der Waals surface area contributed by atoms with Gasteiger partial charge in [0.05, 0.1) is 29.5 Å². The molecule has 0 bridgehead atoms. The van der Waals surface area contributed by atoms with E-state index in [1.165, 1.54) is 31.9 Å². The zero-order chi connectivity index (χ0) is 21.5. The Morgan fingerprint density at radius 1 is 1.06 bits per heavy atom. The number of carboxylic acids is 1. The van der Waals surface area contributed by atoms with Crippen molar-refractivity contribution in [1.82, 2.24) is 4.57 Å². The van der Waals surface area contributed by atoms with Crippen LogP contribution in [0.1, 0.15) is 59.5 Å². The number of hydrogen-bond acceptors (Lipinski definition) is 3. The molecule has 2 aromatic carbocycles. The van der Waals surface area contributed by atoms with E-state index in [4.69, 9.17) is 4.74 Å². The lowest BCUT2D eigenvalue weighted by molar-refractivity contribution is -0.132. The monoisotopic (exact) mass is 415 g/mol. The summed E-state index contributed by atoms with van der Waals surface area (Å²) in [5.74, 6) is -0.898. The standard InChI is InChI=1S/C26H25NO4/c1-31-26(30)18-11-12-21-22(14-18)27-15-19(25(28)29)13-17-9-5-6-10-20(17)24(27)23(21)16-7-3-2-4-8-16/h5-6,9-12,14-16H,2-4,7-8,13H2,1H3,(H,28,29). The summed E-state index contributed by atoms with van der Waals surface area (Å²) < 4.78 is 6.94. The van der Waals surface area contributed by atoms with Crippen molar-refractivity contribution in [3.05, 3.63) is 64.7 Å². The summed E-state index contributed by atoms with van der Waals surface area (Å²) in [6, 6.07) is 13.7. The third-order valence-electron chi connectivity index (χ3n) is 6.69. The number of esters is 1. The molecule has 5 heteroatoms. The number of nitrogens with zero attached hydrogens (tertiary/aromatic N) is 1. The quantitative estimate of drug-likeness (QED) is 0.564. The molecule has 2 heterocycles. The molecule has 1 fully saturated rings. The van der Waals surface area contributed by atoms with E-state index >= 15 is 0 Å². The van der Waals surface area contributed by atoms with Crippen molar-refractivity contribution in [3.8, 4) is 11.3 Å². The summed E-state index contributed by atoms with van der Waals surface area (Å²) in [5.41, 5.74) is 6.09. The fourth-order valence-electron chi connectivity index (χ4n) is 5.24. The number of carbonyl (C=O) groups excluding carboxylic acids is 1. The Kier molecular flexibility index (Phi) is 4.89. The van der Waals surface area contributed by atoms with Crippen LogP contribution in [-0.2, 0) is 16.0 Å². The Bertz CT molecular complexity index is 1230. The van der Waals surface area contributed by atoms with Crippen LogP contribution in [0.25, 0.3) is 28.4 Å². The fraction of sp³-hybridized carbons (Fsp3) is 0.308. The van der Waals surface area contributed by atoms with Gasteiger partial charge in [0.15, 0.2) is 0 Å². The van der Waals surface area contributed by atoms with Crippen LogP contribution in [0.3, 0.4) is 0 Å². The topological polar surface area (TPSA) is 68.5 Å². The fourth-order valence-corrected chi connectivity index (χ4v) is 5.24. The van der Waals surface area contributed by atoms with E-state index in [0.29, 0.717) is 23.5 Å². The van der Waals surface area contributed by atoms with Gasteiger partial charge in [0.1, 0.15) is 0 Å². The van der Waals surface area contributed by atoms with Crippen LogP contribution in [0.5, 0.6) is 0 Å². The first-order valence-corrected chi connectivity index (χ1v) is 10.9. The number of carboxylic acid groups (broad SMARTS) is 1. The van der Waals surface area contributed by atoms with E-state index in [9.17, 15) is 14.7 Å². The highest BCUT2D eigenvalue weighted by Gasteiger charge is 2.29. The van der Waals surface area contributed by atoms with Gasteiger partial charge in [0.2, 0.25) is 0 Å². The van der Waals surface area contributed by atoms with Gasteiger partial charge in [-0.2, -0.15) is 0 Å². The van der Waals surface area contributed by atoms with E-state index in [0.717, 1.165) is 40.6 Å². The number of methoxy groups -OCH3 is 1. The molecule has 0 unspecified atom stereocenters. The van der Waals surface area contributed by atoms with E-state index in [1.54, 1.807) is 6.20 Å². The summed E-state index contributed by atoms with van der Waals surface area (Å²) >= 11 is 0. The zero-order valence-corrected chi connectivity index (χ0v) is 17.6. The predicted octanol–water partition coefficient (Wildman–Crippen LogP) is 5.62. The molecule has 1 aliphatic heterocycles. The van der Waals surface area contributed by atoms with Gasteiger partial charge in [-0.1, -0.05) is 49.6 Å². The molecule has 31 heavy (non-hydrogen) atoms. The van der Waals surface area contributed by atoms with Gasteiger partial charge >= 0.3 is 11.9 Å². The van der Waals surface area contributed by atoms with Crippen LogP contribution < -0.4 is 0 Å². The van der Waals surface area contributed by atoms with Crippen molar-refractivity contribution in [1.29, 1.82) is 0 Å². The van der Waals surface area contributed by atoms with Crippen LogP contribution in [-0.4, -0.2) is 28.7 Å². The van der Waals surface area contributed by atoms with Crippen molar-refractivity contribution in [2.75, 3.05) is 7.11 Å². The van der Waals surface area contributed by atoms with E-state index in [-0.39, 0.29) is 0 Å². The SMILES string of the molecule is COC(=O)c1ccc2c(C3CCCCC3)c3n(c2c1)C=C(C(=O)O)Cc1ccccc1-3. The van der Waals surface area contributed by atoms with Crippen molar-refractivity contribution >= 4 is 29.0 Å². The van der Waals surface area contributed by atoms with Crippen molar-refractivity contribution < 1.29 is 19.4 Å². The lowest BCUT2D eigenvalue weighted by Crippen LogP contribution is -2.06. The van der Waals surface area contributed by atoms with Crippen LogP contribution in [0.15, 0.2) is 48.0 Å². The van der Waals surface area contributed by atoms with Crippen LogP contribution >= 0.6 is 0 Å². The highest BCUT2D eigenvalue weighted by molar-refractivity contribution is 6.02. The molecule has 1 aromatic heterocycles. The summed E-state index contributed by atoms with van der Waals surface area (Å²) in [6.07, 6.45) is 8.04. The number of aromatic nitrogens is 1. The largest absolute Gasteiger partial charge is 0.478 e. The van der Waals surface area contributed by atoms with Crippen molar-refractivity contribution in [2.24, 2.45) is 0 Å². The van der Waals surface area contributed by atoms with Crippen LogP contribution in [0, 0.1) is 0 Å². The minimum atomic E-state index is -0.923. The summed E-state index contributed by atoms with van der Waals surface area (Å²) in [5, 5.41) is 11.0. The maximum Gasteiger partial charge on any atom is 0.337 e. The Hall–Kier alpha value is -3.34. The molecule has 2 aliphatic rings. The average Bonchev–Trinajstić information content (AvgIpc) is 3.01. The number of carbonyl (C=O) groups is 2. The molecule has 1 aliphatic carbocycles. The lowest BCUT2D eigenvalue weighted by atomic mass is 9.81. The third kappa shape index (κ3) is 3.25. The Morgan fingerprint density at radius 2 is 1.84 bits per heavy atom. The Labute approximate surface area is 180 Å². The number of hydrogen-bond donors (Lipinski definition) is 1. The summed E-state index contributed by atoms with van der Waals surface area (Å²) in [7, 11) is 1.37. The van der Waals surface area contributed by atoms with Gasteiger partial charge < -0.3 is 14.4 Å². The van der Waals surface area contributed by atoms with E-state index < -0.39 is 11.9 Å². The van der Waals surface area contributed by atoms with Crippen molar-refractivity contribution in [3.63, 3.8) is 0 Å². The predicted molar refractivity (Wildman–Crippen MR) is 120 cm³/mol. The minimum absolute atomic E-state index is 0.335. The molecule has 0 saturated heterocycles. The maximum atomic E-state index is 12.2. The highest BCUT2D eigenvalue weighted by atomic mass is 16.5. The second kappa shape index (κ2) is 7.73. The number of benzene rings is 2. The van der Waals surface area contributed by atoms with Gasteiger partial charge in [-0.05, 0) is 42.0 Å². The second-order valence-electron chi connectivity index (χ2n) is 8.48. The average molecular weight is 415 g/mol. The van der Waals surface area contributed by atoms with Gasteiger partial charge in [0.25, 0.3) is 0 Å². The zero-order valence-electron chi connectivity index (χ0n) is 17.6. The molecular weight excluding hydrogens is 390 g/mol.